The molecule has 4 aliphatic rings. The van der Waals surface area contributed by atoms with Crippen LogP contribution in [0.4, 0.5) is 0 Å². The van der Waals surface area contributed by atoms with E-state index in [-0.39, 0.29) is 18.6 Å². The average molecular weight is 382 g/mol. The second-order valence-electron chi connectivity index (χ2n) is 8.41. The maximum absolute atomic E-state index is 12.4. The summed E-state index contributed by atoms with van der Waals surface area (Å²) in [6.07, 6.45) is 8.06. The van der Waals surface area contributed by atoms with Crippen LogP contribution in [-0.4, -0.2) is 18.6 Å². The molecule has 1 N–H and O–H groups in total. The third kappa shape index (κ3) is 3.38. The van der Waals surface area contributed by atoms with E-state index in [1.54, 1.807) is 18.2 Å². The van der Waals surface area contributed by atoms with E-state index in [2.05, 4.69) is 12.2 Å². The number of hydrogen-bond acceptors (Lipinski definition) is 2. The number of amides is 1. The number of halogens is 2. The van der Waals surface area contributed by atoms with Gasteiger partial charge in [-0.05, 0) is 80.8 Å². The summed E-state index contributed by atoms with van der Waals surface area (Å²) in [4.78, 5) is 12.4. The zero-order valence-corrected chi connectivity index (χ0v) is 16.1. The SMILES string of the molecule is CC(NC(=O)COc1c(Cl)cccc1Cl)C12CC3CC(CC(C3)C1)C2. The van der Waals surface area contributed by atoms with Gasteiger partial charge in [0.2, 0.25) is 0 Å². The maximum atomic E-state index is 12.4. The summed E-state index contributed by atoms with van der Waals surface area (Å²) in [6, 6.07) is 5.36. The molecule has 4 aliphatic carbocycles. The Hall–Kier alpha value is -0.930. The Morgan fingerprint density at radius 1 is 1.16 bits per heavy atom. The highest BCUT2D eigenvalue weighted by Gasteiger charge is 2.53. The van der Waals surface area contributed by atoms with Crippen molar-refractivity contribution in [3.63, 3.8) is 0 Å². The highest BCUT2D eigenvalue weighted by molar-refractivity contribution is 6.37. The third-order valence-corrected chi connectivity index (χ3v) is 7.24. The smallest absolute Gasteiger partial charge is 0.258 e. The fourth-order valence-electron chi connectivity index (χ4n) is 5.90. The standard InChI is InChI=1S/C20H25Cl2NO2/c1-12(20-8-13-5-14(9-20)7-15(6-13)10-20)23-18(24)11-25-19-16(21)3-2-4-17(19)22/h2-4,12-15H,5-11H2,1H3,(H,23,24). The van der Waals surface area contributed by atoms with Crippen molar-refractivity contribution in [2.45, 2.75) is 51.5 Å². The lowest BCUT2D eigenvalue weighted by atomic mass is 9.48. The van der Waals surface area contributed by atoms with Gasteiger partial charge in [-0.15, -0.1) is 0 Å². The van der Waals surface area contributed by atoms with Crippen LogP contribution in [0.1, 0.15) is 45.4 Å². The van der Waals surface area contributed by atoms with E-state index in [1.165, 1.54) is 38.5 Å². The summed E-state index contributed by atoms with van der Waals surface area (Å²) in [5.41, 5.74) is 0.298. The normalized spacial score (nSPS) is 34.0. The Bertz CT molecular complexity index is 620. The molecule has 1 aromatic rings. The van der Waals surface area contributed by atoms with Gasteiger partial charge in [0.05, 0.1) is 10.0 Å². The first-order chi connectivity index (χ1) is 11.9. The van der Waals surface area contributed by atoms with Crippen molar-refractivity contribution >= 4 is 29.1 Å². The number of ether oxygens (including phenoxy) is 1. The van der Waals surface area contributed by atoms with Crippen LogP contribution in [0, 0.1) is 23.2 Å². The molecular formula is C20H25Cl2NO2. The van der Waals surface area contributed by atoms with Crippen molar-refractivity contribution in [3.8, 4) is 5.75 Å². The first-order valence-electron chi connectivity index (χ1n) is 9.31. The predicted molar refractivity (Wildman–Crippen MR) is 100 cm³/mol. The number of rotatable bonds is 5. The molecule has 0 aromatic heterocycles. The summed E-state index contributed by atoms with van der Waals surface area (Å²) in [6.45, 7) is 2.12. The van der Waals surface area contributed by atoms with Crippen LogP contribution in [0.15, 0.2) is 18.2 Å². The molecule has 1 atom stereocenters. The number of carbonyl (C=O) groups is 1. The largest absolute Gasteiger partial charge is 0.481 e. The van der Waals surface area contributed by atoms with Crippen molar-refractivity contribution in [1.82, 2.24) is 5.32 Å². The molecule has 1 unspecified atom stereocenters. The molecule has 0 radical (unpaired) electrons. The fraction of sp³-hybridized carbons (Fsp3) is 0.650. The van der Waals surface area contributed by atoms with E-state index in [0.29, 0.717) is 21.2 Å². The maximum Gasteiger partial charge on any atom is 0.258 e. The first-order valence-corrected chi connectivity index (χ1v) is 10.1. The minimum absolute atomic E-state index is 0.0554. The molecule has 136 valence electrons. The Balaban J connectivity index is 1.36. The van der Waals surface area contributed by atoms with E-state index in [1.807, 2.05) is 0 Å². The van der Waals surface area contributed by atoms with Gasteiger partial charge in [0.25, 0.3) is 5.91 Å². The molecule has 0 heterocycles. The summed E-state index contributed by atoms with van der Waals surface area (Å²) in [5, 5.41) is 4.05. The molecule has 4 fully saturated rings. The van der Waals surface area contributed by atoms with Crippen LogP contribution < -0.4 is 10.1 Å². The summed E-state index contributed by atoms with van der Waals surface area (Å²) < 4.78 is 5.57. The number of carbonyl (C=O) groups excluding carboxylic acids is 1. The molecular weight excluding hydrogens is 357 g/mol. The predicted octanol–water partition coefficient (Wildman–Crippen LogP) is 5.09. The van der Waals surface area contributed by atoms with E-state index in [0.717, 1.165) is 17.8 Å². The Morgan fingerprint density at radius 2 is 1.68 bits per heavy atom. The molecule has 0 spiro atoms. The van der Waals surface area contributed by atoms with Gasteiger partial charge >= 0.3 is 0 Å². The van der Waals surface area contributed by atoms with Crippen molar-refractivity contribution in [1.29, 1.82) is 0 Å². The lowest BCUT2D eigenvalue weighted by Gasteiger charge is -2.59. The van der Waals surface area contributed by atoms with Gasteiger partial charge in [-0.3, -0.25) is 4.79 Å². The molecule has 4 bridgehead atoms. The quantitative estimate of drug-likeness (QED) is 0.770. The Kier molecular flexibility index (Phi) is 4.66. The minimum Gasteiger partial charge on any atom is -0.481 e. The van der Waals surface area contributed by atoms with Gasteiger partial charge in [-0.25, -0.2) is 0 Å². The zero-order valence-electron chi connectivity index (χ0n) is 14.6. The van der Waals surface area contributed by atoms with Crippen LogP contribution in [0.2, 0.25) is 10.0 Å². The number of benzene rings is 1. The Labute approximate surface area is 159 Å². The molecule has 1 amide bonds. The van der Waals surface area contributed by atoms with Gasteiger partial charge in [-0.2, -0.15) is 0 Å². The fourth-order valence-corrected chi connectivity index (χ4v) is 6.41. The lowest BCUT2D eigenvalue weighted by Crippen LogP contribution is -2.56. The van der Waals surface area contributed by atoms with Gasteiger partial charge in [0.1, 0.15) is 0 Å². The minimum atomic E-state index is -0.0979. The summed E-state index contributed by atoms with van der Waals surface area (Å²) >= 11 is 12.2. The van der Waals surface area contributed by atoms with Gasteiger partial charge in [-0.1, -0.05) is 29.3 Å². The summed E-state index contributed by atoms with van der Waals surface area (Å²) in [5.74, 6) is 2.92. The van der Waals surface area contributed by atoms with Crippen LogP contribution in [-0.2, 0) is 4.79 Å². The molecule has 4 saturated carbocycles. The first kappa shape index (κ1) is 17.5. The van der Waals surface area contributed by atoms with E-state index in [9.17, 15) is 4.79 Å². The second-order valence-corrected chi connectivity index (χ2v) is 9.22. The van der Waals surface area contributed by atoms with E-state index >= 15 is 0 Å². The van der Waals surface area contributed by atoms with Crippen LogP contribution in [0.3, 0.4) is 0 Å². The molecule has 25 heavy (non-hydrogen) atoms. The second kappa shape index (κ2) is 6.66. The van der Waals surface area contributed by atoms with Crippen molar-refractivity contribution in [3.05, 3.63) is 28.2 Å². The molecule has 0 aliphatic heterocycles. The van der Waals surface area contributed by atoms with Crippen molar-refractivity contribution < 1.29 is 9.53 Å². The van der Waals surface area contributed by atoms with Crippen LogP contribution >= 0.6 is 23.2 Å². The number of para-hydroxylation sites is 1. The van der Waals surface area contributed by atoms with E-state index in [4.69, 9.17) is 27.9 Å². The highest BCUT2D eigenvalue weighted by atomic mass is 35.5. The number of nitrogens with one attached hydrogen (secondary N) is 1. The topological polar surface area (TPSA) is 38.3 Å². The van der Waals surface area contributed by atoms with Gasteiger partial charge in [0, 0.05) is 6.04 Å². The third-order valence-electron chi connectivity index (χ3n) is 6.65. The molecule has 5 heteroatoms. The van der Waals surface area contributed by atoms with Crippen molar-refractivity contribution in [2.24, 2.45) is 23.2 Å². The monoisotopic (exact) mass is 381 g/mol. The average Bonchev–Trinajstić information content (AvgIpc) is 2.53. The lowest BCUT2D eigenvalue weighted by molar-refractivity contribution is -0.127. The Morgan fingerprint density at radius 3 is 2.20 bits per heavy atom. The number of hydrogen-bond donors (Lipinski definition) is 1. The van der Waals surface area contributed by atoms with Crippen LogP contribution in [0.5, 0.6) is 5.75 Å². The van der Waals surface area contributed by atoms with Gasteiger partial charge in [0.15, 0.2) is 12.4 Å². The zero-order chi connectivity index (χ0) is 17.6. The molecule has 5 rings (SSSR count). The van der Waals surface area contributed by atoms with E-state index < -0.39 is 0 Å². The molecule has 3 nitrogen and oxygen atoms in total. The van der Waals surface area contributed by atoms with Gasteiger partial charge < -0.3 is 10.1 Å². The molecule has 1 aromatic carbocycles. The highest BCUT2D eigenvalue weighted by Crippen LogP contribution is 2.61. The summed E-state index contributed by atoms with van der Waals surface area (Å²) in [7, 11) is 0. The van der Waals surface area contributed by atoms with Crippen LogP contribution in [0.25, 0.3) is 0 Å². The van der Waals surface area contributed by atoms with Crippen molar-refractivity contribution in [2.75, 3.05) is 6.61 Å². The molecule has 0 saturated heterocycles.